The van der Waals surface area contributed by atoms with Gasteiger partial charge in [0.25, 0.3) is 0 Å². The summed E-state index contributed by atoms with van der Waals surface area (Å²) in [6.45, 7) is 1.26. The van der Waals surface area contributed by atoms with Gasteiger partial charge in [-0.15, -0.1) is 0 Å². The van der Waals surface area contributed by atoms with Crippen LogP contribution in [0.5, 0.6) is 0 Å². The lowest BCUT2D eigenvalue weighted by Crippen LogP contribution is -2.25. The first kappa shape index (κ1) is 14.5. The van der Waals surface area contributed by atoms with Gasteiger partial charge in [-0.05, 0) is 12.1 Å². The lowest BCUT2D eigenvalue weighted by Gasteiger charge is -2.11. The molecule has 20 heavy (non-hydrogen) atoms. The molecular formula is C14H16O6. The Morgan fingerprint density at radius 3 is 2.70 bits per heavy atom. The van der Waals surface area contributed by atoms with Crippen LogP contribution in [0.2, 0.25) is 0 Å². The number of aliphatic hydroxyl groups is 1. The van der Waals surface area contributed by atoms with Crippen LogP contribution in [0, 0.1) is 0 Å². The van der Waals surface area contributed by atoms with E-state index in [1.807, 2.05) is 0 Å². The molecular weight excluding hydrogens is 264 g/mol. The number of carbonyl (C=O) groups is 2. The van der Waals surface area contributed by atoms with Gasteiger partial charge in [-0.25, -0.2) is 4.79 Å². The smallest absolute Gasteiger partial charge is 0.338 e. The second-order valence-corrected chi connectivity index (χ2v) is 4.50. The Morgan fingerprint density at radius 2 is 2.05 bits per heavy atom. The molecule has 0 aromatic heterocycles. The number of carbonyl (C=O) groups excluding carboxylic acids is 2. The lowest BCUT2D eigenvalue weighted by molar-refractivity contribution is -0.168. The van der Waals surface area contributed by atoms with Crippen LogP contribution in [0.4, 0.5) is 0 Å². The van der Waals surface area contributed by atoms with Gasteiger partial charge >= 0.3 is 11.9 Å². The second kappa shape index (κ2) is 6.49. The van der Waals surface area contributed by atoms with Crippen LogP contribution < -0.4 is 0 Å². The molecule has 108 valence electrons. The van der Waals surface area contributed by atoms with Gasteiger partial charge in [0.05, 0.1) is 11.7 Å². The van der Waals surface area contributed by atoms with Crippen molar-refractivity contribution in [1.29, 1.82) is 0 Å². The normalized spacial score (nSPS) is 25.2. The van der Waals surface area contributed by atoms with Crippen molar-refractivity contribution in [3.05, 3.63) is 35.9 Å². The second-order valence-electron chi connectivity index (χ2n) is 4.50. The molecule has 3 atom stereocenters. The van der Waals surface area contributed by atoms with Crippen molar-refractivity contribution in [1.82, 2.24) is 0 Å². The fourth-order valence-corrected chi connectivity index (χ4v) is 1.97. The average Bonchev–Trinajstić information content (AvgIpc) is 2.77. The van der Waals surface area contributed by atoms with Crippen LogP contribution in [-0.2, 0) is 19.0 Å². The Morgan fingerprint density at radius 1 is 1.35 bits per heavy atom. The highest BCUT2D eigenvalue weighted by molar-refractivity contribution is 5.89. The van der Waals surface area contributed by atoms with E-state index in [0.29, 0.717) is 12.0 Å². The molecule has 6 nitrogen and oxygen atoms in total. The summed E-state index contributed by atoms with van der Waals surface area (Å²) in [6, 6.07) is 8.58. The summed E-state index contributed by atoms with van der Waals surface area (Å²) in [5.41, 5.74) is 0.447. The fourth-order valence-electron chi connectivity index (χ4n) is 1.97. The van der Waals surface area contributed by atoms with Crippen molar-refractivity contribution in [3.63, 3.8) is 0 Å². The molecule has 1 N–H and O–H groups in total. The highest BCUT2D eigenvalue weighted by Crippen LogP contribution is 2.22. The fraction of sp³-hybridized carbons (Fsp3) is 0.429. The largest absolute Gasteiger partial charge is 0.459 e. The molecule has 1 aliphatic heterocycles. The van der Waals surface area contributed by atoms with E-state index in [-0.39, 0.29) is 6.61 Å². The third-order valence-corrected chi connectivity index (χ3v) is 2.87. The molecule has 0 unspecified atom stereocenters. The third kappa shape index (κ3) is 3.79. The first-order valence-corrected chi connectivity index (χ1v) is 6.29. The highest BCUT2D eigenvalue weighted by atomic mass is 16.7. The number of rotatable bonds is 4. The molecule has 0 radical (unpaired) electrons. The number of ether oxygens (including phenoxy) is 3. The Kier molecular flexibility index (Phi) is 4.70. The Hall–Kier alpha value is -1.92. The quantitative estimate of drug-likeness (QED) is 0.825. The molecule has 0 amide bonds. The van der Waals surface area contributed by atoms with Gasteiger partial charge in [0, 0.05) is 13.3 Å². The van der Waals surface area contributed by atoms with Crippen LogP contribution in [0.15, 0.2) is 30.3 Å². The van der Waals surface area contributed by atoms with Crippen molar-refractivity contribution < 1.29 is 28.9 Å². The first-order valence-electron chi connectivity index (χ1n) is 6.29. The van der Waals surface area contributed by atoms with Gasteiger partial charge in [0.2, 0.25) is 0 Å². The average molecular weight is 280 g/mol. The van der Waals surface area contributed by atoms with Gasteiger partial charge in [0.15, 0.2) is 12.4 Å². The molecule has 0 aliphatic carbocycles. The minimum absolute atomic E-state index is 0.00253. The van der Waals surface area contributed by atoms with E-state index in [4.69, 9.17) is 14.2 Å². The van der Waals surface area contributed by atoms with Crippen molar-refractivity contribution in [2.24, 2.45) is 0 Å². The van der Waals surface area contributed by atoms with Crippen molar-refractivity contribution in [3.8, 4) is 0 Å². The summed E-state index contributed by atoms with van der Waals surface area (Å²) >= 11 is 0. The minimum Gasteiger partial charge on any atom is -0.459 e. The Balaban J connectivity index is 1.81. The molecule has 0 bridgehead atoms. The van der Waals surface area contributed by atoms with Gasteiger partial charge in [-0.1, -0.05) is 18.2 Å². The summed E-state index contributed by atoms with van der Waals surface area (Å²) in [5, 5.41) is 9.55. The summed E-state index contributed by atoms with van der Waals surface area (Å²) in [4.78, 5) is 22.5. The van der Waals surface area contributed by atoms with Gasteiger partial charge in [-0.2, -0.15) is 0 Å². The summed E-state index contributed by atoms with van der Waals surface area (Å²) in [7, 11) is 0. The Bertz CT molecular complexity index is 472. The van der Waals surface area contributed by atoms with E-state index in [9.17, 15) is 14.7 Å². The zero-order chi connectivity index (χ0) is 14.5. The van der Waals surface area contributed by atoms with E-state index in [2.05, 4.69) is 0 Å². The van der Waals surface area contributed by atoms with Crippen LogP contribution in [0.1, 0.15) is 23.7 Å². The summed E-state index contributed by atoms with van der Waals surface area (Å²) in [5.74, 6) is -0.945. The maximum Gasteiger partial charge on any atom is 0.338 e. The molecule has 1 fully saturated rings. The van der Waals surface area contributed by atoms with Crippen molar-refractivity contribution in [2.45, 2.75) is 31.8 Å². The zero-order valence-corrected chi connectivity index (χ0v) is 11.0. The Labute approximate surface area is 116 Å². The molecule has 0 saturated carbocycles. The number of hydrogen-bond donors (Lipinski definition) is 1. The molecule has 1 aromatic rings. The molecule has 0 spiro atoms. The molecule has 1 heterocycles. The van der Waals surface area contributed by atoms with Crippen LogP contribution in [0.3, 0.4) is 0 Å². The number of esters is 2. The van der Waals surface area contributed by atoms with E-state index in [1.165, 1.54) is 6.92 Å². The highest BCUT2D eigenvalue weighted by Gasteiger charge is 2.36. The lowest BCUT2D eigenvalue weighted by atomic mass is 10.2. The predicted molar refractivity (Wildman–Crippen MR) is 67.8 cm³/mol. The standard InChI is InChI=1S/C14H16O6/c1-9(15)19-12-7-11(20-14(12)17)8-18-13(16)10-5-3-2-4-6-10/h2-6,11-12,14,17H,7-8H2,1H3/t11-,12-,14+/m0/s1. The third-order valence-electron chi connectivity index (χ3n) is 2.87. The molecule has 2 rings (SSSR count). The summed E-state index contributed by atoms with van der Waals surface area (Å²) in [6.07, 6.45) is -2.09. The molecule has 6 heteroatoms. The van der Waals surface area contributed by atoms with Gasteiger partial charge in [-0.3, -0.25) is 4.79 Å². The van der Waals surface area contributed by atoms with Gasteiger partial charge in [0.1, 0.15) is 6.61 Å². The number of aliphatic hydroxyl groups excluding tert-OH is 1. The maximum absolute atomic E-state index is 11.7. The molecule has 1 saturated heterocycles. The van der Waals surface area contributed by atoms with E-state index >= 15 is 0 Å². The predicted octanol–water partition coefficient (Wildman–Crippen LogP) is 0.882. The molecule has 1 aliphatic rings. The summed E-state index contributed by atoms with van der Waals surface area (Å²) < 4.78 is 15.2. The van der Waals surface area contributed by atoms with Crippen molar-refractivity contribution in [2.75, 3.05) is 6.61 Å². The minimum atomic E-state index is -1.18. The number of benzene rings is 1. The molecule has 1 aromatic carbocycles. The van der Waals surface area contributed by atoms with E-state index in [0.717, 1.165) is 0 Å². The van der Waals surface area contributed by atoms with E-state index < -0.39 is 30.4 Å². The van der Waals surface area contributed by atoms with Crippen LogP contribution >= 0.6 is 0 Å². The van der Waals surface area contributed by atoms with Crippen molar-refractivity contribution >= 4 is 11.9 Å². The monoisotopic (exact) mass is 280 g/mol. The van der Waals surface area contributed by atoms with E-state index in [1.54, 1.807) is 30.3 Å². The maximum atomic E-state index is 11.7. The SMILES string of the molecule is CC(=O)O[C@H]1C[C@@H](COC(=O)c2ccccc2)O[C@H]1O. The zero-order valence-electron chi connectivity index (χ0n) is 11.0. The van der Waals surface area contributed by atoms with Crippen LogP contribution in [0.25, 0.3) is 0 Å². The van der Waals surface area contributed by atoms with Crippen LogP contribution in [-0.4, -0.2) is 42.1 Å². The number of hydrogen-bond acceptors (Lipinski definition) is 6. The first-order chi connectivity index (χ1) is 9.56. The topological polar surface area (TPSA) is 82.1 Å². The van der Waals surface area contributed by atoms with Gasteiger partial charge < -0.3 is 19.3 Å².